The van der Waals surface area contributed by atoms with Gasteiger partial charge < -0.3 is 55.5 Å². The van der Waals surface area contributed by atoms with E-state index in [-0.39, 0.29) is 29.2 Å². The van der Waals surface area contributed by atoms with E-state index < -0.39 is 91.7 Å². The van der Waals surface area contributed by atoms with Gasteiger partial charge in [-0.1, -0.05) is 30.3 Å². The second kappa shape index (κ2) is 16.5. The molecule has 1 amide bonds. The lowest BCUT2D eigenvalue weighted by atomic mass is 10.1. The number of benzene rings is 1. The Hall–Kier alpha value is -3.64. The predicted molar refractivity (Wildman–Crippen MR) is 177 cm³/mol. The molecule has 0 bridgehead atoms. The summed E-state index contributed by atoms with van der Waals surface area (Å²) in [5.41, 5.74) is 11.8. The molecule has 2 saturated heterocycles. The van der Waals surface area contributed by atoms with Crippen LogP contribution in [0.1, 0.15) is 28.4 Å². The van der Waals surface area contributed by atoms with Crippen molar-refractivity contribution in [3.05, 3.63) is 78.6 Å². The summed E-state index contributed by atoms with van der Waals surface area (Å²) in [4.78, 5) is 56.9. The fourth-order valence-corrected chi connectivity index (χ4v) is 8.54. The van der Waals surface area contributed by atoms with Gasteiger partial charge in [0, 0.05) is 6.07 Å². The van der Waals surface area contributed by atoms with Gasteiger partial charge in [0.1, 0.15) is 47.9 Å². The fraction of sp³-hybridized carbons (Fsp3) is 0.393. The average Bonchev–Trinajstić information content (AvgIpc) is 3.79. The van der Waals surface area contributed by atoms with E-state index in [1.807, 2.05) is 0 Å². The minimum atomic E-state index is -5.74. The van der Waals surface area contributed by atoms with Gasteiger partial charge >= 0.3 is 15.6 Å². The van der Waals surface area contributed by atoms with Crippen LogP contribution in [0.4, 0.5) is 5.82 Å². The zero-order valence-electron chi connectivity index (χ0n) is 28.0. The number of primary amides is 1. The number of rotatable bonds is 16. The number of aliphatic hydroxyl groups excluding tert-OH is 3. The first-order valence-electron chi connectivity index (χ1n) is 15.9. The van der Waals surface area contributed by atoms with Crippen LogP contribution in [0.5, 0.6) is 0 Å². The van der Waals surface area contributed by atoms with E-state index in [2.05, 4.69) is 23.8 Å². The third kappa shape index (κ3) is 9.67. The van der Waals surface area contributed by atoms with Gasteiger partial charge in [-0.25, -0.2) is 28.4 Å². The maximum absolute atomic E-state index is 13.0. The zero-order valence-corrected chi connectivity index (χ0v) is 30.6. The highest BCUT2D eigenvalue weighted by molar-refractivity contribution is 7.60. The minimum absolute atomic E-state index is 0.0337. The van der Waals surface area contributed by atoms with E-state index in [1.54, 1.807) is 30.3 Å². The minimum Gasteiger partial charge on any atom is -0.756 e. The molecule has 1 aromatic carbocycles. The number of aliphatic hydroxyl groups is 3. The third-order valence-corrected chi connectivity index (χ3v) is 11.7. The molecular weight excluding hydrogens is 799 g/mol. The van der Waals surface area contributed by atoms with Gasteiger partial charge in [0.2, 0.25) is 0 Å². The van der Waals surface area contributed by atoms with Gasteiger partial charge in [-0.3, -0.25) is 27.5 Å². The predicted octanol–water partition coefficient (Wildman–Crippen LogP) is -1.31. The third-order valence-electron chi connectivity index (χ3n) is 8.21. The Balaban J connectivity index is 1.10. The maximum atomic E-state index is 13.0. The van der Waals surface area contributed by atoms with E-state index >= 15 is 0 Å². The molecule has 0 spiro atoms. The summed E-state index contributed by atoms with van der Waals surface area (Å²) in [6.07, 6.45) is -8.27. The Bertz CT molecular complexity index is 2150. The van der Waals surface area contributed by atoms with E-state index in [1.165, 1.54) is 33.7 Å². The quantitative estimate of drug-likeness (QED) is 0.0509. The molecule has 0 aliphatic carbocycles. The number of phosphoric ester groups is 3. The van der Waals surface area contributed by atoms with Crippen molar-refractivity contribution < 1.29 is 84.9 Å². The normalized spacial score (nSPS) is 28.8. The zero-order chi connectivity index (χ0) is 39.7. The van der Waals surface area contributed by atoms with Crippen molar-refractivity contribution in [1.29, 1.82) is 0 Å². The Morgan fingerprint density at radius 3 is 2.35 bits per heavy atom. The monoisotopic (exact) mass is 833 g/mol. The molecule has 2 aliphatic rings. The molecule has 2 aliphatic heterocycles. The molecule has 27 heteroatoms. The number of nitrogens with two attached hydrogens (primary N) is 2. The van der Waals surface area contributed by atoms with E-state index in [0.29, 0.717) is 5.56 Å². The van der Waals surface area contributed by atoms with Crippen molar-refractivity contribution in [2.75, 3.05) is 18.9 Å². The summed E-state index contributed by atoms with van der Waals surface area (Å²) < 4.78 is 76.1. The Kier molecular flexibility index (Phi) is 12.3. The largest absolute Gasteiger partial charge is 0.756 e. The van der Waals surface area contributed by atoms with Crippen LogP contribution in [0.3, 0.4) is 0 Å². The second-order valence-corrected chi connectivity index (χ2v) is 16.4. The number of phosphoric acid groups is 3. The molecule has 298 valence electrons. The molecule has 55 heavy (non-hydrogen) atoms. The standard InChI is InChI=1S/C28H34N7O17P3/c29-24-19-26(32-13-31-24)35(14-33-19)28-23(51-53(40,41)46-10-15-5-2-1-3-6-15)21(37)18(50-28)12-48-55(44,45)52-54(42,43)47-11-17-20(36)22(38)27(49-17)34-8-4-7-16(9-34)25(30)39/h1-9,13-14,17-18,20-23,27-28,36-38H,10-12H2,(H6-,29,30,31,32,39,40,41,42,43,44,45)/t17-,18-,20-,21-,22-,23-,27-,28-/m1/s1. The summed E-state index contributed by atoms with van der Waals surface area (Å²) in [5, 5.41) is 32.1. The molecule has 0 saturated carbocycles. The van der Waals surface area contributed by atoms with Crippen LogP contribution in [-0.4, -0.2) is 100 Å². The maximum Gasteiger partial charge on any atom is 0.478 e. The number of imidazole rings is 1. The summed E-state index contributed by atoms with van der Waals surface area (Å²) in [7, 11) is -16.3. The molecule has 3 aromatic heterocycles. The summed E-state index contributed by atoms with van der Waals surface area (Å²) >= 11 is 0. The van der Waals surface area contributed by atoms with Crippen LogP contribution in [0.15, 0.2) is 67.5 Å². The number of pyridine rings is 1. The van der Waals surface area contributed by atoms with Crippen LogP contribution >= 0.6 is 23.5 Å². The number of carbonyl (C=O) groups is 1. The number of nitrogen functional groups attached to an aromatic ring is 1. The number of ether oxygens (including phenoxy) is 2. The highest BCUT2D eigenvalue weighted by Gasteiger charge is 2.51. The van der Waals surface area contributed by atoms with Gasteiger partial charge in [0.25, 0.3) is 20.0 Å². The van der Waals surface area contributed by atoms with Gasteiger partial charge in [0.05, 0.1) is 26.1 Å². The van der Waals surface area contributed by atoms with Gasteiger partial charge in [0.15, 0.2) is 36.2 Å². The molecule has 24 nitrogen and oxygen atoms in total. The SMILES string of the molecule is NC(=O)c1ccc[n+]([C@@H]2O[C@H](COP(=O)([O-])OP(=O)(O)OC[C@H]3O[C@@H](n4cnc5c(N)ncnc54)[C@H](OP(=O)(O)OCc4ccccc4)[C@@H]3O)[C@@H](O)[C@H]2O)c1. The first kappa shape index (κ1) is 41.0. The summed E-state index contributed by atoms with van der Waals surface area (Å²) in [6.45, 7) is -2.46. The molecular formula is C28H34N7O17P3. The van der Waals surface area contributed by atoms with Gasteiger partial charge in [-0.15, -0.1) is 0 Å². The van der Waals surface area contributed by atoms with Gasteiger partial charge in [-0.2, -0.15) is 4.57 Å². The molecule has 5 heterocycles. The summed E-state index contributed by atoms with van der Waals surface area (Å²) in [5.74, 6) is -0.836. The van der Waals surface area contributed by atoms with Crippen LogP contribution in [-0.2, 0) is 52.2 Å². The van der Waals surface area contributed by atoms with Crippen molar-refractivity contribution in [2.45, 2.75) is 55.7 Å². The topological polar surface area (TPSA) is 357 Å². The first-order valence-corrected chi connectivity index (χ1v) is 20.3. The fourth-order valence-electron chi connectivity index (χ4n) is 5.58. The van der Waals surface area contributed by atoms with Crippen LogP contribution in [0.2, 0.25) is 0 Å². The number of hydrogen-bond acceptors (Lipinski definition) is 19. The number of carbonyl (C=O) groups excluding carboxylic acids is 1. The number of fused-ring (bicyclic) bond motifs is 1. The lowest BCUT2D eigenvalue weighted by Crippen LogP contribution is -2.46. The van der Waals surface area contributed by atoms with E-state index in [4.69, 9.17) is 34.5 Å². The molecule has 11 atom stereocenters. The summed E-state index contributed by atoms with van der Waals surface area (Å²) in [6, 6.07) is 11.1. The number of hydrogen-bond donors (Lipinski definition) is 7. The van der Waals surface area contributed by atoms with Crippen molar-refractivity contribution >= 4 is 46.4 Å². The van der Waals surface area contributed by atoms with E-state index in [0.717, 1.165) is 12.7 Å². The van der Waals surface area contributed by atoms with Crippen LogP contribution in [0.25, 0.3) is 11.2 Å². The van der Waals surface area contributed by atoms with Crippen molar-refractivity contribution in [2.24, 2.45) is 5.73 Å². The van der Waals surface area contributed by atoms with E-state index in [9.17, 15) is 48.5 Å². The molecule has 3 unspecified atom stereocenters. The molecule has 0 radical (unpaired) electrons. The van der Waals surface area contributed by atoms with Gasteiger partial charge in [-0.05, 0) is 11.6 Å². The van der Waals surface area contributed by atoms with Crippen molar-refractivity contribution in [3.63, 3.8) is 0 Å². The Morgan fingerprint density at radius 1 is 0.909 bits per heavy atom. The Morgan fingerprint density at radius 2 is 1.62 bits per heavy atom. The second-order valence-electron chi connectivity index (χ2n) is 12.0. The molecule has 9 N–H and O–H groups in total. The smallest absolute Gasteiger partial charge is 0.478 e. The average molecular weight is 834 g/mol. The van der Waals surface area contributed by atoms with Crippen molar-refractivity contribution in [3.8, 4) is 0 Å². The lowest BCUT2D eigenvalue weighted by molar-refractivity contribution is -0.765. The van der Waals surface area contributed by atoms with Crippen molar-refractivity contribution in [1.82, 2.24) is 19.5 Å². The number of aromatic nitrogens is 5. The number of anilines is 1. The first-order chi connectivity index (χ1) is 25.9. The molecule has 6 rings (SSSR count). The number of amides is 1. The lowest BCUT2D eigenvalue weighted by Gasteiger charge is -2.26. The molecule has 2 fully saturated rings. The highest BCUT2D eigenvalue weighted by atomic mass is 31.3. The van der Waals surface area contributed by atoms with Crippen LogP contribution in [0, 0.1) is 0 Å². The molecule has 4 aromatic rings. The number of nitrogens with zero attached hydrogens (tertiary/aromatic N) is 5. The van der Waals surface area contributed by atoms with Crippen LogP contribution < -0.4 is 20.9 Å². The highest BCUT2D eigenvalue weighted by Crippen LogP contribution is 2.59. The Labute approximate surface area is 309 Å².